The van der Waals surface area contributed by atoms with Crippen LogP contribution >= 0.6 is 39.1 Å². The molecule has 2 aromatic rings. The van der Waals surface area contributed by atoms with Crippen molar-refractivity contribution in [2.24, 2.45) is 0 Å². The Kier molecular flexibility index (Phi) is 3.67. The zero-order valence-corrected chi connectivity index (χ0v) is 13.2. The third-order valence-corrected chi connectivity index (χ3v) is 6.16. The fourth-order valence-corrected chi connectivity index (χ4v) is 3.80. The number of halogens is 2. The fraction of sp³-hybridized carbons (Fsp3) is 0. The Bertz CT molecular complexity index is 509. The second-order valence-electron chi connectivity index (χ2n) is 3.93. The molecule has 2 aromatic carbocycles. The van der Waals surface area contributed by atoms with E-state index < -0.39 is 7.28 Å². The molecular formula is C12H11Br2O3P. The second kappa shape index (κ2) is 4.67. The number of benzene rings is 2. The van der Waals surface area contributed by atoms with E-state index >= 15 is 0 Å². The Morgan fingerprint density at radius 1 is 0.611 bits per heavy atom. The summed E-state index contributed by atoms with van der Waals surface area (Å²) in [7, 11) is -5.02. The van der Waals surface area contributed by atoms with Gasteiger partial charge in [-0.25, -0.2) is 0 Å². The summed E-state index contributed by atoms with van der Waals surface area (Å²) < 4.78 is 1.60. The van der Waals surface area contributed by atoms with Gasteiger partial charge in [-0.15, -0.1) is 0 Å². The van der Waals surface area contributed by atoms with Crippen LogP contribution < -0.4 is 10.6 Å². The molecule has 0 radical (unpaired) electrons. The SMILES string of the molecule is OP(O)(O)(c1ccc(Br)cc1)c1ccc(Br)cc1. The van der Waals surface area contributed by atoms with Gasteiger partial charge in [-0.1, -0.05) is 0 Å². The van der Waals surface area contributed by atoms with Crippen molar-refractivity contribution in [3.63, 3.8) is 0 Å². The summed E-state index contributed by atoms with van der Waals surface area (Å²) in [5.74, 6) is 0. The standard InChI is InChI=1S/C12H11Br2O3P/c13-9-1-5-11(6-2-9)18(15,16,17)12-7-3-10(14)4-8-12/h1-8,15-17H. The van der Waals surface area contributed by atoms with Gasteiger partial charge in [0.15, 0.2) is 0 Å². The van der Waals surface area contributed by atoms with Crippen molar-refractivity contribution in [3.8, 4) is 0 Å². The molecule has 0 saturated carbocycles. The van der Waals surface area contributed by atoms with Gasteiger partial charge in [0, 0.05) is 0 Å². The summed E-state index contributed by atoms with van der Waals surface area (Å²) >= 11 is 6.52. The third kappa shape index (κ3) is 2.67. The van der Waals surface area contributed by atoms with Crippen molar-refractivity contribution in [1.82, 2.24) is 0 Å². The molecule has 3 N–H and O–H groups in total. The molecule has 0 saturated heterocycles. The van der Waals surface area contributed by atoms with E-state index in [1.165, 1.54) is 24.3 Å². The van der Waals surface area contributed by atoms with Crippen molar-refractivity contribution in [3.05, 3.63) is 57.5 Å². The molecule has 0 aliphatic carbocycles. The monoisotopic (exact) mass is 392 g/mol. The van der Waals surface area contributed by atoms with Crippen molar-refractivity contribution in [2.75, 3.05) is 0 Å². The molecule has 2 rings (SSSR count). The van der Waals surface area contributed by atoms with Crippen molar-refractivity contribution in [1.29, 1.82) is 0 Å². The zero-order chi connectivity index (χ0) is 13.4. The maximum atomic E-state index is 10.3. The first-order chi connectivity index (χ1) is 8.28. The minimum absolute atomic E-state index is 0.103. The van der Waals surface area contributed by atoms with E-state index in [1.54, 1.807) is 24.3 Å². The second-order valence-corrected chi connectivity index (χ2v) is 8.76. The normalized spacial score (nSPS) is 13.9. The third-order valence-electron chi connectivity index (χ3n) is 2.60. The minimum atomic E-state index is -5.02. The van der Waals surface area contributed by atoms with Crippen LogP contribution in [0.15, 0.2) is 57.5 Å². The van der Waals surface area contributed by atoms with Gasteiger partial charge in [-0.3, -0.25) is 0 Å². The van der Waals surface area contributed by atoms with Gasteiger partial charge in [-0.05, 0) is 0 Å². The van der Waals surface area contributed by atoms with Crippen LogP contribution in [0.1, 0.15) is 0 Å². The van der Waals surface area contributed by atoms with E-state index in [1.807, 2.05) is 0 Å². The molecule has 18 heavy (non-hydrogen) atoms. The number of hydrogen-bond acceptors (Lipinski definition) is 3. The van der Waals surface area contributed by atoms with Crippen molar-refractivity contribution in [2.45, 2.75) is 0 Å². The summed E-state index contributed by atoms with van der Waals surface area (Å²) in [6.07, 6.45) is 0. The van der Waals surface area contributed by atoms with Crippen molar-refractivity contribution >= 4 is 49.8 Å². The first-order valence-corrected chi connectivity index (χ1v) is 8.75. The van der Waals surface area contributed by atoms with Gasteiger partial charge in [0.25, 0.3) is 0 Å². The molecule has 3 nitrogen and oxygen atoms in total. The first kappa shape index (κ1) is 14.1. The Labute approximate surface area is 122 Å². The van der Waals surface area contributed by atoms with Crippen LogP contribution in [0.2, 0.25) is 0 Å². The molecule has 0 fully saturated rings. The first-order valence-electron chi connectivity index (χ1n) is 5.07. The van der Waals surface area contributed by atoms with Crippen molar-refractivity contribution < 1.29 is 14.7 Å². The van der Waals surface area contributed by atoms with Gasteiger partial charge in [0.2, 0.25) is 0 Å². The molecule has 6 heteroatoms. The summed E-state index contributed by atoms with van der Waals surface area (Å²) in [5.41, 5.74) is 0. The van der Waals surface area contributed by atoms with Gasteiger partial charge < -0.3 is 0 Å². The Morgan fingerprint density at radius 3 is 1.17 bits per heavy atom. The molecule has 0 aliphatic rings. The van der Waals surface area contributed by atoms with Gasteiger partial charge in [0.05, 0.1) is 0 Å². The van der Waals surface area contributed by atoms with Crippen LogP contribution in [0.25, 0.3) is 0 Å². The zero-order valence-electron chi connectivity index (χ0n) is 9.16. The van der Waals surface area contributed by atoms with E-state index in [-0.39, 0.29) is 10.6 Å². The van der Waals surface area contributed by atoms with E-state index in [2.05, 4.69) is 31.9 Å². The van der Waals surface area contributed by atoms with Crippen LogP contribution in [0.4, 0.5) is 0 Å². The molecule has 0 unspecified atom stereocenters. The van der Waals surface area contributed by atoms with Gasteiger partial charge in [-0.2, -0.15) is 0 Å². The number of rotatable bonds is 2. The van der Waals surface area contributed by atoms with E-state index in [4.69, 9.17) is 0 Å². The van der Waals surface area contributed by atoms with Crippen LogP contribution in [0.3, 0.4) is 0 Å². The van der Waals surface area contributed by atoms with E-state index in [0.717, 1.165) is 8.95 Å². The molecule has 96 valence electrons. The molecule has 0 spiro atoms. The summed E-state index contributed by atoms with van der Waals surface area (Å²) in [5, 5.41) is 0.207. The topological polar surface area (TPSA) is 60.7 Å². The molecule has 0 aliphatic heterocycles. The quantitative estimate of drug-likeness (QED) is 0.687. The van der Waals surface area contributed by atoms with E-state index in [0.29, 0.717) is 0 Å². The van der Waals surface area contributed by atoms with Gasteiger partial charge >= 0.3 is 122 Å². The molecular weight excluding hydrogens is 383 g/mol. The average Bonchev–Trinajstić information content (AvgIpc) is 2.29. The maximum absolute atomic E-state index is 10.3. The molecule has 0 heterocycles. The molecule has 0 atom stereocenters. The molecule has 0 bridgehead atoms. The van der Waals surface area contributed by atoms with Crippen LogP contribution in [-0.2, 0) is 0 Å². The van der Waals surface area contributed by atoms with Crippen LogP contribution in [0.5, 0.6) is 0 Å². The number of hydrogen-bond donors (Lipinski definition) is 3. The summed E-state index contributed by atoms with van der Waals surface area (Å²) in [4.78, 5) is 30.9. The van der Waals surface area contributed by atoms with Crippen LogP contribution in [-0.4, -0.2) is 14.7 Å². The summed E-state index contributed by atoms with van der Waals surface area (Å²) in [6.45, 7) is 0. The van der Waals surface area contributed by atoms with Crippen LogP contribution in [0, 0.1) is 0 Å². The molecule has 0 aromatic heterocycles. The Balaban J connectivity index is 2.56. The fourth-order valence-electron chi connectivity index (χ4n) is 1.58. The molecule has 0 amide bonds. The van der Waals surface area contributed by atoms with E-state index in [9.17, 15) is 14.7 Å². The van der Waals surface area contributed by atoms with Gasteiger partial charge in [0.1, 0.15) is 0 Å². The Hall–Kier alpha value is -0.290. The summed E-state index contributed by atoms with van der Waals surface area (Å²) in [6, 6.07) is 12.6. The predicted octanol–water partition coefficient (Wildman–Crippen LogP) is 2.44. The Morgan fingerprint density at radius 2 is 0.889 bits per heavy atom. The predicted molar refractivity (Wildman–Crippen MR) is 81.1 cm³/mol. The average molecular weight is 394 g/mol.